The molecule has 0 fully saturated rings. The minimum absolute atomic E-state index is 0.0437. The van der Waals surface area contributed by atoms with E-state index in [1.165, 1.54) is 0 Å². The van der Waals surface area contributed by atoms with Gasteiger partial charge in [0.05, 0.1) is 5.56 Å². The predicted molar refractivity (Wildman–Crippen MR) is 121 cm³/mol. The quantitative estimate of drug-likeness (QED) is 0.217. The number of aromatic nitrogens is 1. The Morgan fingerprint density at radius 1 is 1.13 bits per heavy atom. The van der Waals surface area contributed by atoms with Crippen molar-refractivity contribution in [3.8, 4) is 11.8 Å². The van der Waals surface area contributed by atoms with Crippen LogP contribution in [-0.4, -0.2) is 29.9 Å². The second-order valence-electron chi connectivity index (χ2n) is 6.49. The number of pyridine rings is 1. The number of nitrogens with zero attached hydrogens (tertiary/aromatic N) is 2. The number of nitrogens with one attached hydrogen (secondary N) is 1. The van der Waals surface area contributed by atoms with Crippen molar-refractivity contribution in [3.63, 3.8) is 0 Å². The Morgan fingerprint density at radius 3 is 2.63 bits per heavy atom. The van der Waals surface area contributed by atoms with E-state index in [1.807, 2.05) is 12.1 Å². The summed E-state index contributed by atoms with van der Waals surface area (Å²) < 4.78 is 0. The Kier molecular flexibility index (Phi) is 6.73. The van der Waals surface area contributed by atoms with Gasteiger partial charge in [-0.15, -0.1) is 0 Å². The highest BCUT2D eigenvalue weighted by molar-refractivity contribution is 6.31. The molecule has 0 aliphatic heterocycles. The van der Waals surface area contributed by atoms with E-state index < -0.39 is 0 Å². The number of carbonyl (C=O) groups excluding carboxylic acids is 1. The first-order chi connectivity index (χ1) is 14.4. The van der Waals surface area contributed by atoms with E-state index in [1.54, 1.807) is 36.5 Å². The lowest BCUT2D eigenvalue weighted by molar-refractivity contribution is 0.0953. The van der Waals surface area contributed by atoms with E-state index in [0.717, 1.165) is 16.3 Å². The average Bonchev–Trinajstić information content (AvgIpc) is 2.73. The molecule has 0 saturated carbocycles. The average molecular weight is 421 g/mol. The third-order valence-electron chi connectivity index (χ3n) is 4.28. The standard InChI is InChI=1S/C22H21ClN6O/c23-17-8-7-16-13-29-20(24)18(19(16)12-17)9-4-14-2-5-15(6-3-14)21(30)27-10-1-11-28-22(25)26/h2-3,5-8,12-13H,1,10-11H2,(H2,24,29)(H,27,30)(H4,25,26,28). The molecule has 0 saturated heterocycles. The van der Waals surface area contributed by atoms with Crippen LogP contribution in [0.4, 0.5) is 5.82 Å². The van der Waals surface area contributed by atoms with Crippen LogP contribution < -0.4 is 22.5 Å². The zero-order valence-corrected chi connectivity index (χ0v) is 16.9. The Labute approximate surface area is 179 Å². The molecule has 2 aromatic carbocycles. The summed E-state index contributed by atoms with van der Waals surface area (Å²) >= 11 is 6.11. The molecule has 0 aliphatic rings. The van der Waals surface area contributed by atoms with Gasteiger partial charge in [-0.1, -0.05) is 29.5 Å². The van der Waals surface area contributed by atoms with Crippen LogP contribution in [0, 0.1) is 11.8 Å². The number of nitrogens with two attached hydrogens (primary N) is 3. The molecule has 7 N–H and O–H groups in total. The number of amides is 1. The van der Waals surface area contributed by atoms with Gasteiger partial charge in [0.15, 0.2) is 5.96 Å². The molecule has 0 radical (unpaired) electrons. The third kappa shape index (κ3) is 5.40. The molecular weight excluding hydrogens is 400 g/mol. The molecule has 0 bridgehead atoms. The number of carbonyl (C=O) groups is 1. The first-order valence-electron chi connectivity index (χ1n) is 9.23. The summed E-state index contributed by atoms with van der Waals surface area (Å²) in [6.07, 6.45) is 2.34. The highest BCUT2D eigenvalue weighted by Gasteiger charge is 2.06. The number of anilines is 1. The monoisotopic (exact) mass is 420 g/mol. The number of rotatable bonds is 5. The van der Waals surface area contributed by atoms with Crippen LogP contribution in [0.5, 0.6) is 0 Å². The van der Waals surface area contributed by atoms with Crippen molar-refractivity contribution in [3.05, 3.63) is 70.4 Å². The van der Waals surface area contributed by atoms with Crippen LogP contribution in [0.1, 0.15) is 27.9 Å². The van der Waals surface area contributed by atoms with Gasteiger partial charge < -0.3 is 22.5 Å². The largest absolute Gasteiger partial charge is 0.383 e. The van der Waals surface area contributed by atoms with Crippen LogP contribution in [-0.2, 0) is 0 Å². The van der Waals surface area contributed by atoms with Gasteiger partial charge in [-0.2, -0.15) is 0 Å². The lowest BCUT2D eigenvalue weighted by atomic mass is 10.1. The molecule has 1 aromatic heterocycles. The molecule has 1 amide bonds. The summed E-state index contributed by atoms with van der Waals surface area (Å²) in [6.45, 7) is 0.946. The Balaban J connectivity index is 1.70. The molecule has 3 rings (SSSR count). The van der Waals surface area contributed by atoms with Crippen LogP contribution >= 0.6 is 11.6 Å². The fourth-order valence-corrected chi connectivity index (χ4v) is 2.93. The van der Waals surface area contributed by atoms with Crippen LogP contribution in [0.25, 0.3) is 10.8 Å². The van der Waals surface area contributed by atoms with Gasteiger partial charge in [0.25, 0.3) is 5.91 Å². The van der Waals surface area contributed by atoms with E-state index in [0.29, 0.717) is 41.5 Å². The number of nitrogen functional groups attached to an aromatic ring is 1. The van der Waals surface area contributed by atoms with Gasteiger partial charge in [0, 0.05) is 46.2 Å². The Bertz CT molecular complexity index is 1150. The van der Waals surface area contributed by atoms with Gasteiger partial charge >= 0.3 is 0 Å². The normalized spacial score (nSPS) is 10.2. The summed E-state index contributed by atoms with van der Waals surface area (Å²) in [5, 5.41) is 5.18. The lowest BCUT2D eigenvalue weighted by Gasteiger charge is -2.05. The topological polar surface area (TPSA) is 132 Å². The first kappa shape index (κ1) is 21.0. The first-order valence-corrected chi connectivity index (χ1v) is 9.61. The summed E-state index contributed by atoms with van der Waals surface area (Å²) in [7, 11) is 0. The van der Waals surface area contributed by atoms with E-state index in [4.69, 9.17) is 28.8 Å². The number of aliphatic imine (C=N–C) groups is 1. The summed E-state index contributed by atoms with van der Waals surface area (Å²) in [6, 6.07) is 12.5. The van der Waals surface area contributed by atoms with Gasteiger partial charge in [0.2, 0.25) is 0 Å². The second kappa shape index (κ2) is 9.63. The number of benzene rings is 2. The van der Waals surface area contributed by atoms with E-state index >= 15 is 0 Å². The van der Waals surface area contributed by atoms with Crippen molar-refractivity contribution in [1.29, 1.82) is 0 Å². The number of halogens is 1. The molecule has 8 heteroatoms. The van der Waals surface area contributed by atoms with Gasteiger partial charge in [-0.05, 0) is 42.8 Å². The molecule has 0 spiro atoms. The van der Waals surface area contributed by atoms with Gasteiger partial charge in [-0.25, -0.2) is 4.98 Å². The van der Waals surface area contributed by atoms with Crippen molar-refractivity contribution in [2.24, 2.45) is 16.5 Å². The Hall–Kier alpha value is -3.76. The van der Waals surface area contributed by atoms with Crippen molar-refractivity contribution in [2.45, 2.75) is 6.42 Å². The van der Waals surface area contributed by atoms with Crippen molar-refractivity contribution < 1.29 is 4.79 Å². The number of hydrogen-bond donors (Lipinski definition) is 4. The summed E-state index contributed by atoms with van der Waals surface area (Å²) in [4.78, 5) is 20.2. The fraction of sp³-hybridized carbons (Fsp3) is 0.136. The van der Waals surface area contributed by atoms with Gasteiger partial charge in [-0.3, -0.25) is 9.79 Å². The molecule has 0 atom stereocenters. The molecular formula is C22H21ClN6O. The highest BCUT2D eigenvalue weighted by Crippen LogP contribution is 2.24. The van der Waals surface area contributed by atoms with Crippen LogP contribution in [0.15, 0.2) is 53.7 Å². The lowest BCUT2D eigenvalue weighted by Crippen LogP contribution is -2.26. The minimum Gasteiger partial charge on any atom is -0.383 e. The van der Waals surface area contributed by atoms with Crippen LogP contribution in [0.2, 0.25) is 5.02 Å². The molecule has 0 aliphatic carbocycles. The van der Waals surface area contributed by atoms with E-state index in [9.17, 15) is 4.79 Å². The minimum atomic E-state index is -0.170. The van der Waals surface area contributed by atoms with Crippen molar-refractivity contribution in [1.82, 2.24) is 10.3 Å². The third-order valence-corrected chi connectivity index (χ3v) is 4.51. The summed E-state index contributed by atoms with van der Waals surface area (Å²) in [5.74, 6) is 6.36. The van der Waals surface area contributed by atoms with Crippen LogP contribution in [0.3, 0.4) is 0 Å². The zero-order chi connectivity index (χ0) is 21.5. The smallest absolute Gasteiger partial charge is 0.251 e. The maximum atomic E-state index is 12.2. The fourth-order valence-electron chi connectivity index (χ4n) is 2.76. The second-order valence-corrected chi connectivity index (χ2v) is 6.93. The maximum absolute atomic E-state index is 12.2. The van der Waals surface area contributed by atoms with E-state index in [2.05, 4.69) is 27.1 Å². The van der Waals surface area contributed by atoms with Gasteiger partial charge in [0.1, 0.15) is 5.82 Å². The molecule has 152 valence electrons. The van der Waals surface area contributed by atoms with Crippen molar-refractivity contribution >= 4 is 40.1 Å². The number of guanidine groups is 1. The van der Waals surface area contributed by atoms with E-state index in [-0.39, 0.29) is 11.9 Å². The molecule has 3 aromatic rings. The summed E-state index contributed by atoms with van der Waals surface area (Å²) in [5.41, 5.74) is 18.4. The molecule has 0 unspecified atom stereocenters. The highest BCUT2D eigenvalue weighted by atomic mass is 35.5. The molecule has 7 nitrogen and oxygen atoms in total. The maximum Gasteiger partial charge on any atom is 0.251 e. The number of fused-ring (bicyclic) bond motifs is 1. The molecule has 1 heterocycles. The molecule has 30 heavy (non-hydrogen) atoms. The zero-order valence-electron chi connectivity index (χ0n) is 16.2. The predicted octanol–water partition coefficient (Wildman–Crippen LogP) is 2.26. The SMILES string of the molecule is NC(N)=NCCCNC(=O)c1ccc(C#Cc2c(N)ncc3ccc(Cl)cc23)cc1. The number of hydrogen-bond acceptors (Lipinski definition) is 4. The Morgan fingerprint density at radius 2 is 1.90 bits per heavy atom. The van der Waals surface area contributed by atoms with Crippen molar-refractivity contribution in [2.75, 3.05) is 18.8 Å².